The molecule has 0 radical (unpaired) electrons. The van der Waals surface area contributed by atoms with Crippen LogP contribution in [0.2, 0.25) is 5.02 Å². The summed E-state index contributed by atoms with van der Waals surface area (Å²) >= 11 is 5.75. The predicted octanol–water partition coefficient (Wildman–Crippen LogP) is 0.660. The molecule has 0 saturated carbocycles. The largest absolute Gasteiger partial charge is 0.410 e. The van der Waals surface area contributed by atoms with Crippen LogP contribution in [0.1, 0.15) is 18.4 Å². The molecular formula is C17H21ClFN3O6S. The second-order valence-electron chi connectivity index (χ2n) is 7.12. The average molecular weight is 450 g/mol. The number of ether oxygens (including phenoxy) is 1. The van der Waals surface area contributed by atoms with Crippen molar-refractivity contribution in [3.05, 3.63) is 34.6 Å². The SMILES string of the molecule is CS(=O)(=O)N1CCC(N2CC[C@@](O)(OC(=O)NCc3cc(F)cc(Cl)c3)C2=O)C1. The van der Waals surface area contributed by atoms with Gasteiger partial charge in [0.05, 0.1) is 6.26 Å². The lowest BCUT2D eigenvalue weighted by atomic mass is 10.2. The molecular weight excluding hydrogens is 429 g/mol. The number of alkyl carbamates (subject to hydrolysis) is 1. The lowest BCUT2D eigenvalue weighted by Gasteiger charge is -2.26. The topological polar surface area (TPSA) is 116 Å². The van der Waals surface area contributed by atoms with Crippen LogP contribution in [0, 0.1) is 5.82 Å². The number of nitrogens with zero attached hydrogens (tertiary/aromatic N) is 2. The first-order valence-electron chi connectivity index (χ1n) is 8.88. The average Bonchev–Trinajstić information content (AvgIpc) is 3.18. The monoisotopic (exact) mass is 449 g/mol. The number of likely N-dealkylation sites (tertiary alicyclic amines) is 1. The molecule has 12 heteroatoms. The molecule has 1 aromatic carbocycles. The Bertz CT molecular complexity index is 909. The van der Waals surface area contributed by atoms with Crippen LogP contribution in [0.25, 0.3) is 0 Å². The molecule has 0 aliphatic carbocycles. The number of halogens is 2. The van der Waals surface area contributed by atoms with Crippen LogP contribution in [0.3, 0.4) is 0 Å². The first-order chi connectivity index (χ1) is 13.5. The molecule has 2 aliphatic rings. The van der Waals surface area contributed by atoms with Gasteiger partial charge in [0.15, 0.2) is 0 Å². The maximum atomic E-state index is 13.3. The molecule has 160 valence electrons. The van der Waals surface area contributed by atoms with Gasteiger partial charge in [-0.1, -0.05) is 11.6 Å². The Morgan fingerprint density at radius 2 is 2.14 bits per heavy atom. The number of benzene rings is 1. The van der Waals surface area contributed by atoms with Crippen molar-refractivity contribution in [2.75, 3.05) is 25.9 Å². The van der Waals surface area contributed by atoms with Gasteiger partial charge in [-0.05, 0) is 30.2 Å². The first kappa shape index (κ1) is 21.8. The third-order valence-electron chi connectivity index (χ3n) is 4.94. The van der Waals surface area contributed by atoms with Crippen LogP contribution >= 0.6 is 11.6 Å². The van der Waals surface area contributed by atoms with Crippen LogP contribution < -0.4 is 5.32 Å². The predicted molar refractivity (Wildman–Crippen MR) is 101 cm³/mol. The Morgan fingerprint density at radius 1 is 1.41 bits per heavy atom. The number of carbonyl (C=O) groups is 2. The third-order valence-corrected chi connectivity index (χ3v) is 6.43. The number of rotatable bonds is 5. The summed E-state index contributed by atoms with van der Waals surface area (Å²) in [5.41, 5.74) is 0.380. The lowest BCUT2D eigenvalue weighted by molar-refractivity contribution is -0.183. The highest BCUT2D eigenvalue weighted by Crippen LogP contribution is 2.30. The standard InChI is InChI=1S/C17H21ClFN3O6S/c1-29(26,27)21-4-2-14(10-21)22-5-3-17(25,15(22)23)28-16(24)20-9-11-6-12(18)8-13(19)7-11/h6-8,14,25H,2-5,9-10H2,1H3,(H,20,24)/t14?,17-/m1/s1. The van der Waals surface area contributed by atoms with Crippen LogP contribution in [0.15, 0.2) is 18.2 Å². The summed E-state index contributed by atoms with van der Waals surface area (Å²) < 4.78 is 42.8. The van der Waals surface area contributed by atoms with E-state index < -0.39 is 39.7 Å². The number of nitrogens with one attached hydrogen (secondary N) is 1. The molecule has 29 heavy (non-hydrogen) atoms. The first-order valence-corrected chi connectivity index (χ1v) is 11.1. The van der Waals surface area contributed by atoms with Crippen LogP contribution in [-0.4, -0.2) is 72.4 Å². The van der Waals surface area contributed by atoms with Crippen molar-refractivity contribution in [1.82, 2.24) is 14.5 Å². The van der Waals surface area contributed by atoms with Crippen molar-refractivity contribution in [2.24, 2.45) is 0 Å². The van der Waals surface area contributed by atoms with Gasteiger partial charge in [0, 0.05) is 43.7 Å². The maximum absolute atomic E-state index is 13.3. The van der Waals surface area contributed by atoms with Gasteiger partial charge in [0.1, 0.15) is 5.82 Å². The van der Waals surface area contributed by atoms with E-state index in [1.54, 1.807) is 0 Å². The molecule has 2 amide bonds. The highest BCUT2D eigenvalue weighted by molar-refractivity contribution is 7.88. The Balaban J connectivity index is 1.57. The van der Waals surface area contributed by atoms with Gasteiger partial charge in [-0.15, -0.1) is 0 Å². The quantitative estimate of drug-likeness (QED) is 0.638. The number of amides is 2. The lowest BCUT2D eigenvalue weighted by Crippen LogP contribution is -2.49. The fourth-order valence-electron chi connectivity index (χ4n) is 3.49. The molecule has 0 aromatic heterocycles. The zero-order valence-corrected chi connectivity index (χ0v) is 17.2. The smallest absolute Gasteiger partial charge is 0.407 e. The van der Waals surface area contributed by atoms with Crippen molar-refractivity contribution < 1.29 is 32.2 Å². The molecule has 2 N–H and O–H groups in total. The second kappa shape index (κ2) is 8.05. The summed E-state index contributed by atoms with van der Waals surface area (Å²) in [6.45, 7) is 0.428. The van der Waals surface area contributed by atoms with Gasteiger partial charge in [-0.25, -0.2) is 21.9 Å². The van der Waals surface area contributed by atoms with Gasteiger partial charge >= 0.3 is 6.09 Å². The Morgan fingerprint density at radius 3 is 2.76 bits per heavy atom. The van der Waals surface area contributed by atoms with Crippen molar-refractivity contribution >= 4 is 33.6 Å². The van der Waals surface area contributed by atoms with E-state index in [-0.39, 0.29) is 37.6 Å². The number of carbonyl (C=O) groups excluding carboxylic acids is 2. The van der Waals surface area contributed by atoms with Gasteiger partial charge in [0.2, 0.25) is 10.0 Å². The van der Waals surface area contributed by atoms with E-state index in [4.69, 9.17) is 16.3 Å². The minimum atomic E-state index is -3.37. The minimum Gasteiger partial charge on any atom is -0.407 e. The molecule has 0 spiro atoms. The summed E-state index contributed by atoms with van der Waals surface area (Å²) in [7, 11) is -3.37. The van der Waals surface area contributed by atoms with Gasteiger partial charge in [0.25, 0.3) is 11.7 Å². The number of hydrogen-bond acceptors (Lipinski definition) is 6. The molecule has 2 fully saturated rings. The zero-order valence-electron chi connectivity index (χ0n) is 15.6. The summed E-state index contributed by atoms with van der Waals surface area (Å²) in [5.74, 6) is -3.69. The van der Waals surface area contributed by atoms with Gasteiger partial charge in [-0.3, -0.25) is 4.79 Å². The molecule has 2 atom stereocenters. The summed E-state index contributed by atoms with van der Waals surface area (Å²) in [4.78, 5) is 26.0. The zero-order chi connectivity index (χ0) is 21.4. The van der Waals surface area contributed by atoms with Crippen LogP contribution in [-0.2, 0) is 26.1 Å². The van der Waals surface area contributed by atoms with Gasteiger partial charge in [-0.2, -0.15) is 0 Å². The van der Waals surface area contributed by atoms with Crippen LogP contribution in [0.5, 0.6) is 0 Å². The van der Waals surface area contributed by atoms with E-state index in [9.17, 15) is 27.5 Å². The second-order valence-corrected chi connectivity index (χ2v) is 9.54. The molecule has 1 aromatic rings. The van der Waals surface area contributed by atoms with E-state index in [0.29, 0.717) is 12.0 Å². The number of aliphatic hydroxyl groups is 1. The van der Waals surface area contributed by atoms with Crippen molar-refractivity contribution in [3.63, 3.8) is 0 Å². The van der Waals surface area contributed by atoms with Gasteiger partial charge < -0.3 is 20.1 Å². The Labute approximate surface area is 172 Å². The fourth-order valence-corrected chi connectivity index (χ4v) is 4.62. The minimum absolute atomic E-state index is 0.115. The number of hydrogen-bond donors (Lipinski definition) is 2. The molecule has 0 bridgehead atoms. The van der Waals surface area contributed by atoms with E-state index in [1.807, 2.05) is 0 Å². The third kappa shape index (κ3) is 4.97. The van der Waals surface area contributed by atoms with Crippen molar-refractivity contribution in [3.8, 4) is 0 Å². The Kier molecular flexibility index (Phi) is 6.04. The highest BCUT2D eigenvalue weighted by atomic mass is 35.5. The molecule has 2 heterocycles. The van der Waals surface area contributed by atoms with E-state index >= 15 is 0 Å². The van der Waals surface area contributed by atoms with Crippen molar-refractivity contribution in [1.29, 1.82) is 0 Å². The Hall–Kier alpha value is -1.95. The molecule has 2 saturated heterocycles. The van der Waals surface area contributed by atoms with E-state index in [0.717, 1.165) is 12.3 Å². The van der Waals surface area contributed by atoms with E-state index in [1.165, 1.54) is 21.3 Å². The summed E-state index contributed by atoms with van der Waals surface area (Å²) in [6.07, 6.45) is 0.339. The summed E-state index contributed by atoms with van der Waals surface area (Å²) in [6, 6.07) is 3.35. The molecule has 9 nitrogen and oxygen atoms in total. The molecule has 1 unspecified atom stereocenters. The van der Waals surface area contributed by atoms with Crippen LogP contribution in [0.4, 0.5) is 9.18 Å². The van der Waals surface area contributed by atoms with Crippen molar-refractivity contribution in [2.45, 2.75) is 31.2 Å². The van der Waals surface area contributed by atoms with E-state index in [2.05, 4.69) is 5.32 Å². The molecule has 3 rings (SSSR count). The fraction of sp³-hybridized carbons (Fsp3) is 0.529. The number of sulfonamides is 1. The normalized spacial score (nSPS) is 25.4. The maximum Gasteiger partial charge on any atom is 0.410 e. The molecule has 2 aliphatic heterocycles. The summed E-state index contributed by atoms with van der Waals surface area (Å²) in [5, 5.41) is 13.0. The highest BCUT2D eigenvalue weighted by Gasteiger charge is 2.52.